The molecule has 0 aliphatic carbocycles. The SMILES string of the molecule is OC[C@H]1OC(O)[C@H](O)[C@@H]([18F])[C@H]1O. The second-order valence-corrected chi connectivity index (χ2v) is 2.67. The lowest BCUT2D eigenvalue weighted by atomic mass is 10.0. The Bertz CT molecular complexity index is 150. The molecule has 5 atom stereocenters. The molecule has 0 bridgehead atoms. The van der Waals surface area contributed by atoms with Crippen LogP contribution in [0.3, 0.4) is 0 Å². The molecule has 4 N–H and O–H groups in total. The molecule has 1 aliphatic rings. The maximum Gasteiger partial charge on any atom is 0.184 e. The van der Waals surface area contributed by atoms with Crippen molar-refractivity contribution in [1.82, 2.24) is 0 Å². The zero-order chi connectivity index (χ0) is 9.30. The highest BCUT2D eigenvalue weighted by molar-refractivity contribution is 4.88. The van der Waals surface area contributed by atoms with Gasteiger partial charge in [0.05, 0.1) is 6.61 Å². The van der Waals surface area contributed by atoms with Crippen LogP contribution < -0.4 is 0 Å². The van der Waals surface area contributed by atoms with E-state index in [1.807, 2.05) is 0 Å². The van der Waals surface area contributed by atoms with E-state index in [0.717, 1.165) is 0 Å². The predicted octanol–water partition coefficient (Wildman–Crippen LogP) is -2.24. The molecule has 1 aliphatic heterocycles. The Balaban J connectivity index is 2.63. The summed E-state index contributed by atoms with van der Waals surface area (Å²) in [5.74, 6) is 0. The smallest absolute Gasteiger partial charge is 0.184 e. The normalized spacial score (nSPS) is 49.2. The quantitative estimate of drug-likeness (QED) is 0.367. The summed E-state index contributed by atoms with van der Waals surface area (Å²) < 4.78 is 17.3. The maximum atomic E-state index is 12.8. The van der Waals surface area contributed by atoms with E-state index in [9.17, 15) is 4.39 Å². The number of ether oxygens (including phenoxy) is 1. The Morgan fingerprint density at radius 2 is 1.75 bits per heavy atom. The zero-order valence-electron chi connectivity index (χ0n) is 6.17. The van der Waals surface area contributed by atoms with Gasteiger partial charge in [-0.25, -0.2) is 4.39 Å². The molecule has 0 radical (unpaired) electrons. The van der Waals surface area contributed by atoms with E-state index in [4.69, 9.17) is 20.4 Å². The first-order valence-electron chi connectivity index (χ1n) is 3.52. The van der Waals surface area contributed by atoms with Gasteiger partial charge in [0, 0.05) is 0 Å². The number of aliphatic hydroxyl groups excluding tert-OH is 4. The summed E-state index contributed by atoms with van der Waals surface area (Å²) in [7, 11) is 0. The molecule has 1 unspecified atom stereocenters. The highest BCUT2D eigenvalue weighted by atomic mass is 18.2. The van der Waals surface area contributed by atoms with E-state index in [1.54, 1.807) is 0 Å². The average molecular weight is 181 g/mol. The largest absolute Gasteiger partial charge is 0.394 e. The first-order chi connectivity index (χ1) is 5.57. The summed E-state index contributed by atoms with van der Waals surface area (Å²) in [6.45, 7) is -0.606. The van der Waals surface area contributed by atoms with Gasteiger partial charge in [-0.2, -0.15) is 0 Å². The van der Waals surface area contributed by atoms with Crippen molar-refractivity contribution >= 4 is 0 Å². The minimum absolute atomic E-state index is 0.606. The van der Waals surface area contributed by atoms with E-state index in [2.05, 4.69) is 4.74 Å². The third kappa shape index (κ3) is 1.57. The molecular formula is C6H11FO5. The molecule has 0 aromatic rings. The topological polar surface area (TPSA) is 90.2 Å². The van der Waals surface area contributed by atoms with E-state index >= 15 is 0 Å². The van der Waals surface area contributed by atoms with Crippen molar-refractivity contribution in [3.63, 3.8) is 0 Å². The van der Waals surface area contributed by atoms with Crippen LogP contribution in [-0.2, 0) is 4.74 Å². The molecule has 0 spiro atoms. The molecule has 0 saturated carbocycles. The first-order valence-corrected chi connectivity index (χ1v) is 3.52. The van der Waals surface area contributed by atoms with E-state index in [1.165, 1.54) is 0 Å². The summed E-state index contributed by atoms with van der Waals surface area (Å²) in [4.78, 5) is 0. The fraction of sp³-hybridized carbons (Fsp3) is 1.00. The van der Waals surface area contributed by atoms with E-state index in [0.29, 0.717) is 0 Å². The van der Waals surface area contributed by atoms with Gasteiger partial charge in [0.2, 0.25) is 0 Å². The number of aliphatic hydroxyl groups is 4. The lowest BCUT2D eigenvalue weighted by molar-refractivity contribution is -0.274. The lowest BCUT2D eigenvalue weighted by Gasteiger charge is -2.36. The van der Waals surface area contributed by atoms with E-state index < -0.39 is 37.4 Å². The number of rotatable bonds is 1. The van der Waals surface area contributed by atoms with Crippen LogP contribution in [0.2, 0.25) is 0 Å². The molecule has 72 valence electrons. The summed E-state index contributed by atoms with van der Waals surface area (Å²) in [6.07, 6.45) is -8.24. The van der Waals surface area contributed by atoms with Crippen LogP contribution in [0.4, 0.5) is 4.39 Å². The fourth-order valence-corrected chi connectivity index (χ4v) is 1.06. The van der Waals surface area contributed by atoms with Crippen molar-refractivity contribution in [1.29, 1.82) is 0 Å². The molecule has 0 aromatic heterocycles. The van der Waals surface area contributed by atoms with Crippen molar-refractivity contribution in [2.45, 2.75) is 30.8 Å². The van der Waals surface area contributed by atoms with Crippen molar-refractivity contribution in [2.24, 2.45) is 0 Å². The second kappa shape index (κ2) is 3.63. The van der Waals surface area contributed by atoms with Gasteiger partial charge >= 0.3 is 0 Å². The number of halogens is 1. The minimum atomic E-state index is -1.99. The number of hydrogen-bond donors (Lipinski definition) is 4. The predicted molar refractivity (Wildman–Crippen MR) is 34.9 cm³/mol. The molecule has 0 aromatic carbocycles. The monoisotopic (exact) mass is 181 g/mol. The maximum absolute atomic E-state index is 12.8. The summed E-state index contributed by atoms with van der Waals surface area (Å²) in [6, 6.07) is 0. The van der Waals surface area contributed by atoms with Crippen molar-refractivity contribution in [3.05, 3.63) is 0 Å². The Labute approximate surface area is 68.0 Å². The number of alkyl halides is 1. The first kappa shape index (κ1) is 9.82. The van der Waals surface area contributed by atoms with Crippen molar-refractivity contribution in [2.75, 3.05) is 6.61 Å². The third-order valence-electron chi connectivity index (χ3n) is 1.82. The number of hydrogen-bond acceptors (Lipinski definition) is 5. The van der Waals surface area contributed by atoms with Crippen molar-refractivity contribution < 1.29 is 29.6 Å². The van der Waals surface area contributed by atoms with Crippen LogP contribution in [0, 0.1) is 0 Å². The van der Waals surface area contributed by atoms with Crippen LogP contribution in [-0.4, -0.2) is 57.8 Å². The molecule has 5 nitrogen and oxygen atoms in total. The van der Waals surface area contributed by atoms with Gasteiger partial charge in [-0.05, 0) is 0 Å². The molecule has 1 saturated heterocycles. The molecular weight excluding hydrogens is 170 g/mol. The highest BCUT2D eigenvalue weighted by Gasteiger charge is 2.43. The van der Waals surface area contributed by atoms with Crippen LogP contribution in [0.25, 0.3) is 0 Å². The molecule has 0 amide bonds. The Morgan fingerprint density at radius 3 is 2.25 bits per heavy atom. The van der Waals surface area contributed by atoms with Crippen LogP contribution in [0.5, 0.6) is 0 Å². The van der Waals surface area contributed by atoms with Gasteiger partial charge in [0.1, 0.15) is 18.3 Å². The summed E-state index contributed by atoms with van der Waals surface area (Å²) in [5.41, 5.74) is 0. The van der Waals surface area contributed by atoms with Crippen LogP contribution >= 0.6 is 0 Å². The molecule has 6 heteroatoms. The van der Waals surface area contributed by atoms with Gasteiger partial charge in [-0.1, -0.05) is 0 Å². The molecule has 1 rings (SSSR count). The van der Waals surface area contributed by atoms with Gasteiger partial charge in [0.15, 0.2) is 12.5 Å². The summed E-state index contributed by atoms with van der Waals surface area (Å²) in [5, 5.41) is 35.2. The molecule has 12 heavy (non-hydrogen) atoms. The standard InChI is InChI=1S/C6H11FO5/c7-3-4(9)2(1-8)12-6(11)5(3)10/h2-6,8-11H,1H2/t2-,3+,4+,5-,6?/m1/s1/i7-1. The Kier molecular flexibility index (Phi) is 2.97. The lowest BCUT2D eigenvalue weighted by Crippen LogP contribution is -2.56. The van der Waals surface area contributed by atoms with Crippen LogP contribution in [0.15, 0.2) is 0 Å². The van der Waals surface area contributed by atoms with Crippen LogP contribution in [0.1, 0.15) is 0 Å². The van der Waals surface area contributed by atoms with E-state index in [-0.39, 0.29) is 0 Å². The second-order valence-electron chi connectivity index (χ2n) is 2.67. The Morgan fingerprint density at radius 1 is 1.17 bits per heavy atom. The van der Waals surface area contributed by atoms with Crippen molar-refractivity contribution in [3.8, 4) is 0 Å². The van der Waals surface area contributed by atoms with Gasteiger partial charge in [0.25, 0.3) is 0 Å². The Hall–Kier alpha value is -0.270. The fourth-order valence-electron chi connectivity index (χ4n) is 1.06. The minimum Gasteiger partial charge on any atom is -0.394 e. The molecule has 1 heterocycles. The van der Waals surface area contributed by atoms with Gasteiger partial charge < -0.3 is 25.2 Å². The van der Waals surface area contributed by atoms with Gasteiger partial charge in [-0.3, -0.25) is 0 Å². The highest BCUT2D eigenvalue weighted by Crippen LogP contribution is 2.21. The molecule has 1 fully saturated rings. The zero-order valence-corrected chi connectivity index (χ0v) is 6.17. The summed E-state index contributed by atoms with van der Waals surface area (Å²) >= 11 is 0. The van der Waals surface area contributed by atoms with Gasteiger partial charge in [-0.15, -0.1) is 0 Å². The average Bonchev–Trinajstić information content (AvgIpc) is 2.08. The third-order valence-corrected chi connectivity index (χ3v) is 1.82.